The van der Waals surface area contributed by atoms with Crippen molar-refractivity contribution < 1.29 is 21.9 Å². The van der Waals surface area contributed by atoms with Gasteiger partial charge in [-0.1, -0.05) is 30.3 Å². The fraction of sp³-hybridized carbons (Fsp3) is 0.294. The van der Waals surface area contributed by atoms with E-state index in [9.17, 15) is 17.2 Å². The van der Waals surface area contributed by atoms with Crippen LogP contribution in [0.5, 0.6) is 5.75 Å². The van der Waals surface area contributed by atoms with Crippen molar-refractivity contribution in [3.8, 4) is 5.75 Å². The number of benzene rings is 2. The molecule has 0 unspecified atom stereocenters. The first-order chi connectivity index (χ1) is 11.9. The van der Waals surface area contributed by atoms with Gasteiger partial charge in [0.05, 0.1) is 5.69 Å². The van der Waals surface area contributed by atoms with Crippen LogP contribution in [-0.2, 0) is 16.6 Å². The zero-order chi connectivity index (χ0) is 18.0. The number of rotatable bonds is 4. The monoisotopic (exact) mass is 368 g/mol. The van der Waals surface area contributed by atoms with Crippen molar-refractivity contribution in [2.45, 2.75) is 18.1 Å². The Morgan fingerprint density at radius 1 is 1.04 bits per heavy atom. The Kier molecular flexibility index (Phi) is 4.91. The van der Waals surface area contributed by atoms with Gasteiger partial charge in [0.1, 0.15) is 10.6 Å². The van der Waals surface area contributed by atoms with Gasteiger partial charge in [-0.05, 0) is 30.8 Å². The van der Waals surface area contributed by atoms with Crippen molar-refractivity contribution in [3.63, 3.8) is 0 Å². The van der Waals surface area contributed by atoms with Crippen LogP contribution >= 0.6 is 0 Å². The lowest BCUT2D eigenvalue weighted by molar-refractivity contribution is -0.0517. The van der Waals surface area contributed by atoms with E-state index in [4.69, 9.17) is 0 Å². The molecule has 0 spiro atoms. The topological polar surface area (TPSA) is 49.9 Å². The molecule has 25 heavy (non-hydrogen) atoms. The number of para-hydroxylation sites is 2. The molecule has 2 aromatic rings. The number of anilines is 1. The van der Waals surface area contributed by atoms with E-state index in [0.29, 0.717) is 18.8 Å². The van der Waals surface area contributed by atoms with Gasteiger partial charge in [-0.25, -0.2) is 8.42 Å². The van der Waals surface area contributed by atoms with E-state index in [-0.39, 0.29) is 17.2 Å². The second kappa shape index (κ2) is 6.97. The molecule has 0 N–H and O–H groups in total. The molecular weight excluding hydrogens is 350 g/mol. The predicted octanol–water partition coefficient (Wildman–Crippen LogP) is 2.93. The van der Waals surface area contributed by atoms with E-state index in [1.807, 2.05) is 24.1 Å². The molecule has 8 heteroatoms. The highest BCUT2D eigenvalue weighted by Crippen LogP contribution is 2.33. The first-order valence-corrected chi connectivity index (χ1v) is 9.16. The third-order valence-electron chi connectivity index (χ3n) is 4.02. The van der Waals surface area contributed by atoms with E-state index in [0.717, 1.165) is 5.56 Å². The predicted molar refractivity (Wildman–Crippen MR) is 90.4 cm³/mol. The number of fused-ring (bicyclic) bond motifs is 1. The van der Waals surface area contributed by atoms with Gasteiger partial charge >= 0.3 is 6.61 Å². The second-order valence-electron chi connectivity index (χ2n) is 5.77. The van der Waals surface area contributed by atoms with E-state index in [2.05, 4.69) is 4.74 Å². The highest BCUT2D eigenvalue weighted by molar-refractivity contribution is 7.93. The van der Waals surface area contributed by atoms with Gasteiger partial charge in [-0.2, -0.15) is 8.78 Å². The van der Waals surface area contributed by atoms with Crippen molar-refractivity contribution in [3.05, 3.63) is 54.1 Å². The van der Waals surface area contributed by atoms with Crippen molar-refractivity contribution in [1.29, 1.82) is 0 Å². The lowest BCUT2D eigenvalue weighted by atomic mass is 10.2. The minimum absolute atomic E-state index is 0.221. The SMILES string of the molecule is CN1CCN(S(=O)(=O)c2ccccc2OC(F)F)c2ccccc2C1. The maximum atomic E-state index is 13.2. The number of nitrogens with zero attached hydrogens (tertiary/aromatic N) is 2. The molecule has 0 atom stereocenters. The third kappa shape index (κ3) is 3.59. The van der Waals surface area contributed by atoms with E-state index < -0.39 is 16.6 Å². The minimum Gasteiger partial charge on any atom is -0.433 e. The minimum atomic E-state index is -4.05. The quantitative estimate of drug-likeness (QED) is 0.833. The zero-order valence-electron chi connectivity index (χ0n) is 13.6. The number of sulfonamides is 1. The molecule has 5 nitrogen and oxygen atoms in total. The van der Waals surface area contributed by atoms with Crippen LogP contribution in [0.15, 0.2) is 53.4 Å². The Morgan fingerprint density at radius 2 is 1.72 bits per heavy atom. The van der Waals surface area contributed by atoms with Crippen molar-refractivity contribution in [2.75, 3.05) is 24.4 Å². The van der Waals surface area contributed by atoms with Gasteiger partial charge in [0, 0.05) is 19.6 Å². The van der Waals surface area contributed by atoms with Crippen molar-refractivity contribution >= 4 is 15.7 Å². The fourth-order valence-electron chi connectivity index (χ4n) is 2.86. The summed E-state index contributed by atoms with van der Waals surface area (Å²) in [7, 11) is -2.15. The maximum Gasteiger partial charge on any atom is 0.387 e. The van der Waals surface area contributed by atoms with Crippen LogP contribution in [0.4, 0.5) is 14.5 Å². The summed E-state index contributed by atoms with van der Waals surface area (Å²) in [6.07, 6.45) is 0. The van der Waals surface area contributed by atoms with Crippen LogP contribution in [-0.4, -0.2) is 40.1 Å². The Bertz CT molecular complexity index is 858. The summed E-state index contributed by atoms with van der Waals surface area (Å²) in [5, 5.41) is 0. The van der Waals surface area contributed by atoms with Crippen LogP contribution in [0.25, 0.3) is 0 Å². The molecule has 0 saturated carbocycles. The van der Waals surface area contributed by atoms with Gasteiger partial charge in [0.15, 0.2) is 0 Å². The first kappa shape index (κ1) is 17.6. The Balaban J connectivity index is 2.09. The summed E-state index contributed by atoms with van der Waals surface area (Å²) < 4.78 is 57.4. The summed E-state index contributed by atoms with van der Waals surface area (Å²) in [5.74, 6) is -0.354. The number of alkyl halides is 2. The Labute approximate surface area is 145 Å². The molecule has 2 aromatic carbocycles. The van der Waals surface area contributed by atoms with E-state index in [1.165, 1.54) is 28.6 Å². The molecule has 1 aliphatic heterocycles. The van der Waals surface area contributed by atoms with Crippen molar-refractivity contribution in [2.24, 2.45) is 0 Å². The molecular formula is C17H18F2N2O3S. The largest absolute Gasteiger partial charge is 0.433 e. The Hall–Kier alpha value is -2.19. The molecule has 0 radical (unpaired) electrons. The molecule has 0 aliphatic carbocycles. The molecule has 1 heterocycles. The zero-order valence-corrected chi connectivity index (χ0v) is 14.4. The molecule has 134 valence electrons. The van der Waals surface area contributed by atoms with Gasteiger partial charge in [0.2, 0.25) is 0 Å². The van der Waals surface area contributed by atoms with Crippen LogP contribution in [0.2, 0.25) is 0 Å². The lowest BCUT2D eigenvalue weighted by Crippen LogP contribution is -2.35. The van der Waals surface area contributed by atoms with Gasteiger partial charge in [-0.3, -0.25) is 4.31 Å². The molecule has 0 saturated heterocycles. The number of ether oxygens (including phenoxy) is 1. The standard InChI is InChI=1S/C17H18F2N2O3S/c1-20-10-11-21(14-7-3-2-6-13(14)12-20)25(22,23)16-9-5-4-8-15(16)24-17(18)19/h2-9,17H,10-12H2,1H3. The van der Waals surface area contributed by atoms with Crippen LogP contribution in [0.3, 0.4) is 0 Å². The molecule has 0 bridgehead atoms. The molecule has 0 aromatic heterocycles. The molecule has 3 rings (SSSR count). The highest BCUT2D eigenvalue weighted by Gasteiger charge is 2.31. The number of hydrogen-bond acceptors (Lipinski definition) is 4. The Morgan fingerprint density at radius 3 is 2.48 bits per heavy atom. The van der Waals surface area contributed by atoms with Gasteiger partial charge < -0.3 is 9.64 Å². The van der Waals surface area contributed by atoms with E-state index >= 15 is 0 Å². The summed E-state index contributed by atoms with van der Waals surface area (Å²) in [6.45, 7) is -1.75. The molecule has 1 aliphatic rings. The average Bonchev–Trinajstić information content (AvgIpc) is 2.73. The van der Waals surface area contributed by atoms with Gasteiger partial charge in [0.25, 0.3) is 10.0 Å². The summed E-state index contributed by atoms with van der Waals surface area (Å²) in [5.41, 5.74) is 1.41. The van der Waals surface area contributed by atoms with Crippen LogP contribution < -0.4 is 9.04 Å². The summed E-state index contributed by atoms with van der Waals surface area (Å²) >= 11 is 0. The number of likely N-dealkylation sites (N-methyl/N-ethyl adjacent to an activating group) is 1. The number of halogens is 2. The molecule has 0 amide bonds. The molecule has 0 fully saturated rings. The van der Waals surface area contributed by atoms with Crippen LogP contribution in [0, 0.1) is 0 Å². The normalized spacial score (nSPS) is 15.8. The maximum absolute atomic E-state index is 13.2. The third-order valence-corrected chi connectivity index (χ3v) is 5.87. The highest BCUT2D eigenvalue weighted by atomic mass is 32.2. The average molecular weight is 368 g/mol. The first-order valence-electron chi connectivity index (χ1n) is 7.72. The second-order valence-corrected chi connectivity index (χ2v) is 7.60. The summed E-state index contributed by atoms with van der Waals surface area (Å²) in [6, 6.07) is 12.6. The fourth-order valence-corrected chi connectivity index (χ4v) is 4.48. The number of hydrogen-bond donors (Lipinski definition) is 0. The smallest absolute Gasteiger partial charge is 0.387 e. The van der Waals surface area contributed by atoms with E-state index in [1.54, 1.807) is 12.1 Å². The van der Waals surface area contributed by atoms with Gasteiger partial charge in [-0.15, -0.1) is 0 Å². The lowest BCUT2D eigenvalue weighted by Gasteiger charge is -2.25. The van der Waals surface area contributed by atoms with Crippen LogP contribution in [0.1, 0.15) is 5.56 Å². The van der Waals surface area contributed by atoms with Crippen molar-refractivity contribution in [1.82, 2.24) is 4.90 Å². The summed E-state index contributed by atoms with van der Waals surface area (Å²) in [4.78, 5) is 1.74.